The molecule has 0 saturated carbocycles. The molecule has 0 fully saturated rings. The minimum absolute atomic E-state index is 0.170. The third-order valence-electron chi connectivity index (χ3n) is 3.26. The number of aryl methyl sites for hydroxylation is 2. The average Bonchev–Trinajstić information content (AvgIpc) is 2.41. The maximum absolute atomic E-state index is 10.5. The predicted octanol–water partition coefficient (Wildman–Crippen LogP) is 3.28. The highest BCUT2D eigenvalue weighted by Crippen LogP contribution is 2.11. The molecule has 0 radical (unpaired) electrons. The Bertz CT molecular complexity index is 423. The third kappa shape index (κ3) is 7.56. The van der Waals surface area contributed by atoms with Crippen molar-refractivity contribution in [3.05, 3.63) is 35.4 Å². The van der Waals surface area contributed by atoms with Gasteiger partial charge in [-0.15, -0.1) is 0 Å². The van der Waals surface area contributed by atoms with Crippen LogP contribution in [0.15, 0.2) is 24.3 Å². The maximum atomic E-state index is 10.5. The molecule has 0 aliphatic heterocycles. The van der Waals surface area contributed by atoms with Gasteiger partial charge in [-0.2, -0.15) is 0 Å². The zero-order chi connectivity index (χ0) is 14.8. The lowest BCUT2D eigenvalue weighted by atomic mass is 10.0. The van der Waals surface area contributed by atoms with Crippen LogP contribution in [0.4, 0.5) is 0 Å². The zero-order valence-corrected chi connectivity index (χ0v) is 11.7. The lowest BCUT2D eigenvalue weighted by Gasteiger charge is -2.04. The standard InChI is InChI=1S/C16H22O4/c17-15(18)6-4-2-1-3-5-13-7-9-14(10-8-13)11-12-16(19)20/h7-10H,1-6,11-12H2,(H,17,18)(H,19,20). The Hall–Kier alpha value is -1.84. The van der Waals surface area contributed by atoms with Crippen LogP contribution < -0.4 is 0 Å². The Balaban J connectivity index is 2.18. The van der Waals surface area contributed by atoms with Crippen molar-refractivity contribution in [2.24, 2.45) is 0 Å². The molecule has 1 aromatic carbocycles. The molecule has 0 heterocycles. The molecule has 0 spiro atoms. The van der Waals surface area contributed by atoms with E-state index in [9.17, 15) is 9.59 Å². The number of hydrogen-bond donors (Lipinski definition) is 2. The first-order valence-corrected chi connectivity index (χ1v) is 7.09. The van der Waals surface area contributed by atoms with Crippen LogP contribution in [0.2, 0.25) is 0 Å². The molecule has 0 saturated heterocycles. The van der Waals surface area contributed by atoms with Crippen LogP contribution >= 0.6 is 0 Å². The molecule has 0 unspecified atom stereocenters. The van der Waals surface area contributed by atoms with Crippen molar-refractivity contribution in [2.45, 2.75) is 51.4 Å². The van der Waals surface area contributed by atoms with Gasteiger partial charge in [0.25, 0.3) is 0 Å². The van der Waals surface area contributed by atoms with E-state index in [0.29, 0.717) is 6.42 Å². The summed E-state index contributed by atoms with van der Waals surface area (Å²) < 4.78 is 0. The predicted molar refractivity (Wildman–Crippen MR) is 76.8 cm³/mol. The van der Waals surface area contributed by atoms with Crippen molar-refractivity contribution in [3.63, 3.8) is 0 Å². The van der Waals surface area contributed by atoms with Gasteiger partial charge < -0.3 is 10.2 Å². The van der Waals surface area contributed by atoms with Gasteiger partial charge in [0.2, 0.25) is 0 Å². The fourth-order valence-electron chi connectivity index (χ4n) is 2.08. The van der Waals surface area contributed by atoms with E-state index in [2.05, 4.69) is 12.1 Å². The van der Waals surface area contributed by atoms with Crippen LogP contribution in [0.25, 0.3) is 0 Å². The van der Waals surface area contributed by atoms with Gasteiger partial charge in [-0.1, -0.05) is 37.1 Å². The van der Waals surface area contributed by atoms with E-state index in [1.165, 1.54) is 5.56 Å². The molecule has 2 N–H and O–H groups in total. The van der Waals surface area contributed by atoms with E-state index >= 15 is 0 Å². The monoisotopic (exact) mass is 278 g/mol. The van der Waals surface area contributed by atoms with E-state index < -0.39 is 11.9 Å². The van der Waals surface area contributed by atoms with E-state index in [-0.39, 0.29) is 12.8 Å². The number of carboxylic acids is 2. The van der Waals surface area contributed by atoms with E-state index in [4.69, 9.17) is 10.2 Å². The van der Waals surface area contributed by atoms with Crippen molar-refractivity contribution in [1.82, 2.24) is 0 Å². The van der Waals surface area contributed by atoms with Gasteiger partial charge in [-0.3, -0.25) is 9.59 Å². The van der Waals surface area contributed by atoms with Crippen LogP contribution in [0.3, 0.4) is 0 Å². The highest BCUT2D eigenvalue weighted by molar-refractivity contribution is 5.67. The molecule has 1 rings (SSSR count). The van der Waals surface area contributed by atoms with Crippen molar-refractivity contribution in [1.29, 1.82) is 0 Å². The molecule has 0 aromatic heterocycles. The number of aliphatic carboxylic acids is 2. The molecular formula is C16H22O4. The second kappa shape index (κ2) is 9.13. The van der Waals surface area contributed by atoms with Gasteiger partial charge in [0.1, 0.15) is 0 Å². The number of benzene rings is 1. The summed E-state index contributed by atoms with van der Waals surface area (Å²) >= 11 is 0. The number of unbranched alkanes of at least 4 members (excludes halogenated alkanes) is 3. The minimum Gasteiger partial charge on any atom is -0.481 e. The molecule has 20 heavy (non-hydrogen) atoms. The normalized spacial score (nSPS) is 10.4. The first-order chi connectivity index (χ1) is 9.58. The Labute approximate surface area is 119 Å². The number of rotatable bonds is 10. The second-order valence-corrected chi connectivity index (χ2v) is 5.02. The summed E-state index contributed by atoms with van der Waals surface area (Å²) in [6.45, 7) is 0. The average molecular weight is 278 g/mol. The summed E-state index contributed by atoms with van der Waals surface area (Å²) in [6.07, 6.45) is 5.83. The summed E-state index contributed by atoms with van der Waals surface area (Å²) in [5, 5.41) is 17.1. The molecule has 0 aliphatic carbocycles. The number of carbonyl (C=O) groups is 2. The first kappa shape index (κ1) is 16.2. The van der Waals surface area contributed by atoms with Crippen molar-refractivity contribution in [2.75, 3.05) is 0 Å². The van der Waals surface area contributed by atoms with Crippen LogP contribution in [0, 0.1) is 0 Å². The highest BCUT2D eigenvalue weighted by atomic mass is 16.4. The Morgan fingerprint density at radius 1 is 0.700 bits per heavy atom. The third-order valence-corrected chi connectivity index (χ3v) is 3.26. The van der Waals surface area contributed by atoms with Crippen LogP contribution in [0.5, 0.6) is 0 Å². The van der Waals surface area contributed by atoms with Crippen LogP contribution in [0.1, 0.15) is 49.7 Å². The quantitative estimate of drug-likeness (QED) is 0.644. The number of hydrogen-bond acceptors (Lipinski definition) is 2. The van der Waals surface area contributed by atoms with E-state index in [1.807, 2.05) is 12.1 Å². The maximum Gasteiger partial charge on any atom is 0.303 e. The summed E-state index contributed by atoms with van der Waals surface area (Å²) in [6, 6.07) is 8.08. The summed E-state index contributed by atoms with van der Waals surface area (Å²) in [5.41, 5.74) is 2.31. The lowest BCUT2D eigenvalue weighted by molar-refractivity contribution is -0.138. The molecule has 4 nitrogen and oxygen atoms in total. The largest absolute Gasteiger partial charge is 0.481 e. The molecule has 0 aliphatic rings. The Morgan fingerprint density at radius 2 is 1.20 bits per heavy atom. The Kier molecular flexibility index (Phi) is 7.40. The van der Waals surface area contributed by atoms with E-state index in [1.54, 1.807) is 0 Å². The van der Waals surface area contributed by atoms with Crippen molar-refractivity contribution < 1.29 is 19.8 Å². The van der Waals surface area contributed by atoms with Crippen molar-refractivity contribution in [3.8, 4) is 0 Å². The molecule has 1 aromatic rings. The van der Waals surface area contributed by atoms with Crippen molar-refractivity contribution >= 4 is 11.9 Å². The molecule has 0 bridgehead atoms. The zero-order valence-electron chi connectivity index (χ0n) is 11.7. The van der Waals surface area contributed by atoms with Crippen LogP contribution in [-0.2, 0) is 22.4 Å². The number of carboxylic acid groups (broad SMARTS) is 2. The van der Waals surface area contributed by atoms with Gasteiger partial charge in [-0.25, -0.2) is 0 Å². The molecule has 4 heteroatoms. The molecular weight excluding hydrogens is 256 g/mol. The van der Waals surface area contributed by atoms with E-state index in [0.717, 1.165) is 37.7 Å². The summed E-state index contributed by atoms with van der Waals surface area (Å²) in [7, 11) is 0. The molecule has 0 amide bonds. The highest BCUT2D eigenvalue weighted by Gasteiger charge is 2.00. The summed E-state index contributed by atoms with van der Waals surface area (Å²) in [4.78, 5) is 20.8. The minimum atomic E-state index is -0.768. The molecule has 110 valence electrons. The topological polar surface area (TPSA) is 74.6 Å². The van der Waals surface area contributed by atoms with Gasteiger partial charge in [0.05, 0.1) is 0 Å². The van der Waals surface area contributed by atoms with Gasteiger partial charge >= 0.3 is 11.9 Å². The van der Waals surface area contributed by atoms with Gasteiger partial charge in [0.15, 0.2) is 0 Å². The smallest absolute Gasteiger partial charge is 0.303 e. The van der Waals surface area contributed by atoms with Gasteiger partial charge in [0, 0.05) is 12.8 Å². The molecule has 0 atom stereocenters. The van der Waals surface area contributed by atoms with Gasteiger partial charge in [-0.05, 0) is 36.8 Å². The lowest BCUT2D eigenvalue weighted by Crippen LogP contribution is -1.97. The SMILES string of the molecule is O=C(O)CCCCCCc1ccc(CCC(=O)O)cc1. The Morgan fingerprint density at radius 3 is 1.75 bits per heavy atom. The fourth-order valence-corrected chi connectivity index (χ4v) is 2.08. The fraction of sp³-hybridized carbons (Fsp3) is 0.500. The summed E-state index contributed by atoms with van der Waals surface area (Å²) in [5.74, 6) is -1.49. The second-order valence-electron chi connectivity index (χ2n) is 5.02. The first-order valence-electron chi connectivity index (χ1n) is 7.09. The van der Waals surface area contributed by atoms with Crippen LogP contribution in [-0.4, -0.2) is 22.2 Å².